The number of anilines is 4. The number of urea groups is 2. The summed E-state index contributed by atoms with van der Waals surface area (Å²) in [6, 6.07) is 16.1. The van der Waals surface area contributed by atoms with Gasteiger partial charge < -0.3 is 32.1 Å². The zero-order valence-electron chi connectivity index (χ0n) is 21.1. The van der Waals surface area contributed by atoms with Crippen molar-refractivity contribution in [1.29, 1.82) is 0 Å². The van der Waals surface area contributed by atoms with E-state index in [9.17, 15) is 27.9 Å². The molecule has 0 aliphatic carbocycles. The second kappa shape index (κ2) is 13.1. The Morgan fingerprint density at radius 2 is 1.54 bits per heavy atom. The number of nitrogen functional groups attached to an aromatic ring is 1. The van der Waals surface area contributed by atoms with Crippen molar-refractivity contribution in [3.63, 3.8) is 0 Å². The maximum absolute atomic E-state index is 13.1. The molecule has 3 aromatic carbocycles. The number of benzene rings is 3. The second-order valence-electron chi connectivity index (χ2n) is 8.51. The fourth-order valence-electron chi connectivity index (χ4n) is 3.51. The van der Waals surface area contributed by atoms with E-state index in [1.54, 1.807) is 36.4 Å². The van der Waals surface area contributed by atoms with Crippen LogP contribution in [-0.2, 0) is 14.8 Å². The van der Waals surface area contributed by atoms with Gasteiger partial charge in [-0.2, -0.15) is 0 Å². The predicted molar refractivity (Wildman–Crippen MR) is 149 cm³/mol. The summed E-state index contributed by atoms with van der Waals surface area (Å²) in [5.74, 6) is -1.16. The highest BCUT2D eigenvalue weighted by molar-refractivity contribution is 7.92. The van der Waals surface area contributed by atoms with Crippen LogP contribution >= 0.6 is 0 Å². The quantitative estimate of drug-likeness (QED) is 0.174. The second-order valence-corrected chi connectivity index (χ2v) is 10.2. The van der Waals surface area contributed by atoms with Gasteiger partial charge in [-0.3, -0.25) is 9.52 Å². The van der Waals surface area contributed by atoms with Crippen molar-refractivity contribution < 1.29 is 27.9 Å². The molecule has 39 heavy (non-hydrogen) atoms. The molecule has 0 radical (unpaired) electrons. The minimum Gasteiger partial charge on any atom is -0.481 e. The number of nitrogens with two attached hydrogens (primary N) is 1. The minimum atomic E-state index is -4.07. The molecule has 3 aromatic rings. The molecule has 13 heteroatoms. The lowest BCUT2D eigenvalue weighted by Gasteiger charge is -2.19. The molecular weight excluding hydrogens is 524 g/mol. The highest BCUT2D eigenvalue weighted by Gasteiger charge is 2.20. The van der Waals surface area contributed by atoms with Crippen molar-refractivity contribution in [3.05, 3.63) is 78.4 Å². The van der Waals surface area contributed by atoms with Crippen LogP contribution in [0.5, 0.6) is 0 Å². The molecule has 0 heterocycles. The summed E-state index contributed by atoms with van der Waals surface area (Å²) >= 11 is 0. The molecule has 0 fully saturated rings. The summed E-state index contributed by atoms with van der Waals surface area (Å²) in [6.07, 6.45) is 0.306. The largest absolute Gasteiger partial charge is 0.481 e. The zero-order valence-corrected chi connectivity index (χ0v) is 21.9. The van der Waals surface area contributed by atoms with Crippen molar-refractivity contribution in [2.24, 2.45) is 0 Å². The average Bonchev–Trinajstić information content (AvgIpc) is 2.88. The molecule has 0 aliphatic heterocycles. The van der Waals surface area contributed by atoms with Gasteiger partial charge in [-0.05, 0) is 66.6 Å². The van der Waals surface area contributed by atoms with Crippen molar-refractivity contribution in [3.8, 4) is 0 Å². The Bertz CT molecular complexity index is 1430. The normalized spacial score (nSPS) is 11.6. The first-order chi connectivity index (χ1) is 18.6. The fraction of sp³-hybridized carbons (Fsp3) is 0.192. The number of carbonyl (C=O) groups is 3. The van der Waals surface area contributed by atoms with Gasteiger partial charge >= 0.3 is 18.0 Å². The molecule has 0 unspecified atom stereocenters. The van der Waals surface area contributed by atoms with Gasteiger partial charge in [-0.15, -0.1) is 0 Å². The predicted octanol–water partition coefficient (Wildman–Crippen LogP) is 3.94. The monoisotopic (exact) mass is 554 g/mol. The number of hydrogen-bond acceptors (Lipinski definition) is 6. The van der Waals surface area contributed by atoms with Crippen molar-refractivity contribution in [1.82, 2.24) is 10.6 Å². The highest BCUT2D eigenvalue weighted by Crippen LogP contribution is 2.24. The molecule has 0 aromatic heterocycles. The van der Waals surface area contributed by atoms with E-state index >= 15 is 0 Å². The number of carbonyl (C=O) groups excluding carboxylic acids is 2. The van der Waals surface area contributed by atoms with E-state index in [0.29, 0.717) is 23.5 Å². The zero-order chi connectivity index (χ0) is 28.4. The summed E-state index contributed by atoms with van der Waals surface area (Å²) in [5, 5.41) is 19.8. The molecule has 0 spiro atoms. The fourth-order valence-corrected chi connectivity index (χ4v) is 4.60. The third-order valence-corrected chi connectivity index (χ3v) is 6.71. The molecule has 4 amide bonds. The van der Waals surface area contributed by atoms with E-state index in [-0.39, 0.29) is 16.3 Å². The van der Waals surface area contributed by atoms with Crippen LogP contribution in [0.25, 0.3) is 0 Å². The molecule has 0 saturated carbocycles. The average molecular weight is 555 g/mol. The maximum Gasteiger partial charge on any atom is 0.319 e. The number of amides is 4. The van der Waals surface area contributed by atoms with Gasteiger partial charge in [0.05, 0.1) is 17.4 Å². The summed E-state index contributed by atoms with van der Waals surface area (Å²) in [4.78, 5) is 35.9. The topological polar surface area (TPSA) is 192 Å². The molecule has 0 saturated heterocycles. The highest BCUT2D eigenvalue weighted by atomic mass is 32.2. The Morgan fingerprint density at radius 1 is 0.872 bits per heavy atom. The lowest BCUT2D eigenvalue weighted by atomic mass is 10.0. The molecule has 8 N–H and O–H groups in total. The number of carboxylic acids is 1. The van der Waals surface area contributed by atoms with Crippen LogP contribution in [0.1, 0.15) is 31.4 Å². The molecule has 3 rings (SSSR count). The number of hydrogen-bond donors (Lipinski definition) is 7. The van der Waals surface area contributed by atoms with Crippen LogP contribution in [0.15, 0.2) is 77.7 Å². The van der Waals surface area contributed by atoms with Gasteiger partial charge in [0.15, 0.2) is 0 Å². The lowest BCUT2D eigenvalue weighted by molar-refractivity contribution is -0.137. The Morgan fingerprint density at radius 3 is 2.23 bits per heavy atom. The Kier molecular flexibility index (Phi) is 9.70. The Hall–Kier alpha value is -4.78. The van der Waals surface area contributed by atoms with Crippen LogP contribution < -0.4 is 31.7 Å². The van der Waals surface area contributed by atoms with Crippen LogP contribution in [0.4, 0.5) is 32.3 Å². The Labute approximate surface area is 226 Å². The summed E-state index contributed by atoms with van der Waals surface area (Å²) in [5.41, 5.74) is 7.43. The molecule has 12 nitrogen and oxygen atoms in total. The van der Waals surface area contributed by atoms with Gasteiger partial charge in [0.25, 0.3) is 10.0 Å². The molecule has 0 aliphatic rings. The first-order valence-electron chi connectivity index (χ1n) is 12.0. The van der Waals surface area contributed by atoms with E-state index in [2.05, 4.69) is 26.0 Å². The lowest BCUT2D eigenvalue weighted by Crippen LogP contribution is -2.33. The minimum absolute atomic E-state index is 0.0933. The van der Waals surface area contributed by atoms with Crippen LogP contribution in [0.3, 0.4) is 0 Å². The SMILES string of the molecule is CCCNC(=O)Nc1cccc(S(=O)(=O)Nc2cccc([C@H](CC(=O)O)NC(=O)Nc3ccc(N)cc3)c2)c1. The van der Waals surface area contributed by atoms with E-state index in [0.717, 1.165) is 6.42 Å². The van der Waals surface area contributed by atoms with E-state index in [1.807, 2.05) is 6.92 Å². The number of aliphatic carboxylic acids is 1. The van der Waals surface area contributed by atoms with Gasteiger partial charge in [-0.25, -0.2) is 18.0 Å². The van der Waals surface area contributed by atoms with E-state index in [4.69, 9.17) is 5.73 Å². The van der Waals surface area contributed by atoms with Crippen LogP contribution in [-0.4, -0.2) is 38.1 Å². The first-order valence-corrected chi connectivity index (χ1v) is 13.5. The number of nitrogens with one attached hydrogen (secondary N) is 5. The van der Waals surface area contributed by atoms with Gasteiger partial charge in [0.1, 0.15) is 0 Å². The van der Waals surface area contributed by atoms with E-state index < -0.39 is 40.5 Å². The molecule has 206 valence electrons. The standard InChI is InChI=1S/C26H30N6O6S/c1-2-13-28-25(35)30-20-6-4-8-22(15-20)39(37,38)32-21-7-3-5-17(14-21)23(16-24(33)34)31-26(36)29-19-11-9-18(27)10-12-19/h3-12,14-15,23,32H,2,13,16,27H2,1H3,(H,33,34)(H2,28,30,35)(H2,29,31,36)/t23-/m0/s1. The third-order valence-electron chi connectivity index (χ3n) is 5.33. The Balaban J connectivity index is 1.75. The smallest absolute Gasteiger partial charge is 0.319 e. The first kappa shape index (κ1) is 28.8. The summed E-state index contributed by atoms with van der Waals surface area (Å²) < 4.78 is 28.6. The number of carboxylic acid groups (broad SMARTS) is 1. The third kappa shape index (κ3) is 8.93. The maximum atomic E-state index is 13.1. The van der Waals surface area contributed by atoms with Crippen molar-refractivity contribution in [2.45, 2.75) is 30.7 Å². The van der Waals surface area contributed by atoms with Gasteiger partial charge in [0, 0.05) is 29.3 Å². The van der Waals surface area contributed by atoms with Gasteiger partial charge in [0.2, 0.25) is 0 Å². The van der Waals surface area contributed by atoms with Crippen molar-refractivity contribution in [2.75, 3.05) is 27.6 Å². The molecular formula is C26H30N6O6S. The van der Waals surface area contributed by atoms with Crippen LogP contribution in [0, 0.1) is 0 Å². The van der Waals surface area contributed by atoms with Crippen molar-refractivity contribution >= 4 is 50.8 Å². The molecule has 0 bridgehead atoms. The number of sulfonamides is 1. The molecule has 1 atom stereocenters. The van der Waals surface area contributed by atoms with E-state index in [1.165, 1.54) is 36.4 Å². The van der Waals surface area contributed by atoms with Crippen LogP contribution in [0.2, 0.25) is 0 Å². The number of rotatable bonds is 11. The summed E-state index contributed by atoms with van der Waals surface area (Å²) in [7, 11) is -4.07. The van der Waals surface area contributed by atoms with Gasteiger partial charge in [-0.1, -0.05) is 25.1 Å². The summed E-state index contributed by atoms with van der Waals surface area (Å²) in [6.45, 7) is 2.38.